The van der Waals surface area contributed by atoms with Gasteiger partial charge in [0.25, 0.3) is 0 Å². The number of fused-ring (bicyclic) bond motifs is 3. The molecule has 0 aliphatic carbocycles. The van der Waals surface area contributed by atoms with E-state index in [1.165, 1.54) is 9.80 Å². The summed E-state index contributed by atoms with van der Waals surface area (Å²) in [5, 5.41) is 5.51. The highest BCUT2D eigenvalue weighted by atomic mass is 31.2. The lowest BCUT2D eigenvalue weighted by Gasteiger charge is -2.31. The number of nitrogens with two attached hydrogens (primary N) is 6. The lowest BCUT2D eigenvalue weighted by Crippen LogP contribution is -2.46. The molecule has 0 spiro atoms. The molecule has 14 N–H and O–H groups in total. The standard InChI is InChI=1S/C32H48N11O11P/c1-42-14-25(51-31(42)46)21-8-6-18(13-41-21)17-7-9-22-24(12-17)49-15-23-26(52-32(47)43(22)23)16-50-55(48,53-27(44)19(33)4-2-10-39-29(35)36)54-28(45)20(34)5-3-11-40-30(37)38/h6-9,12-13,19-20,23,25-26,29-30,39-40H,2-5,10-11,14-16,33-38H2,1H3/t19-,20-,23-,25?,26-/m0/s1. The second-order valence-electron chi connectivity index (χ2n) is 13.1. The number of amides is 2. The molecule has 22 nitrogen and oxygen atoms in total. The number of nitrogens with zero attached hydrogens (tertiary/aromatic N) is 3. The number of rotatable bonds is 19. The Morgan fingerprint density at radius 2 is 1.53 bits per heavy atom. The van der Waals surface area contributed by atoms with E-state index in [4.69, 9.17) is 62.2 Å². The molecule has 0 bridgehead atoms. The van der Waals surface area contributed by atoms with Gasteiger partial charge in [0.1, 0.15) is 49.7 Å². The molecule has 1 unspecified atom stereocenters. The fourth-order valence-corrected chi connectivity index (χ4v) is 7.04. The molecule has 2 amide bonds. The van der Waals surface area contributed by atoms with Gasteiger partial charge in [0.2, 0.25) is 0 Å². The van der Waals surface area contributed by atoms with Gasteiger partial charge in [0.15, 0.2) is 12.2 Å². The molecular weight excluding hydrogens is 745 g/mol. The van der Waals surface area contributed by atoms with Crippen LogP contribution in [0.3, 0.4) is 0 Å². The van der Waals surface area contributed by atoms with E-state index in [1.54, 1.807) is 37.5 Å². The SMILES string of the molecule is CN1CC(c2ccc(-c3ccc4c(c3)OC[C@H]3[C@H](COP(=O)(OC(=O)[C@@H](N)CCCNC(N)N)OC(=O)[C@@H](N)CCCNC(N)N)OC(=O)N43)cn2)OC1=O. The van der Waals surface area contributed by atoms with Crippen LogP contribution < -0.4 is 54.7 Å². The molecule has 1 aromatic heterocycles. The highest BCUT2D eigenvalue weighted by molar-refractivity contribution is 7.49. The number of cyclic esters (lactones) is 2. The number of likely N-dealkylation sites (N-methyl/N-ethyl adjacent to an activating group) is 1. The summed E-state index contributed by atoms with van der Waals surface area (Å²) in [5.41, 5.74) is 36.2. The first kappa shape index (κ1) is 41.7. The number of nitrogens with one attached hydrogen (secondary N) is 2. The van der Waals surface area contributed by atoms with Crippen LogP contribution in [0.4, 0.5) is 15.3 Å². The van der Waals surface area contributed by atoms with Gasteiger partial charge in [-0.25, -0.2) is 23.7 Å². The normalized spacial score (nSPS) is 20.4. The van der Waals surface area contributed by atoms with Crippen LogP contribution in [0.5, 0.6) is 5.75 Å². The number of hydrogen-bond donors (Lipinski definition) is 8. The number of anilines is 1. The third-order valence-corrected chi connectivity index (χ3v) is 10.1. The number of pyridine rings is 1. The third-order valence-electron chi connectivity index (χ3n) is 8.83. The van der Waals surface area contributed by atoms with Crippen LogP contribution in [0.2, 0.25) is 0 Å². The van der Waals surface area contributed by atoms with Crippen molar-refractivity contribution < 1.29 is 51.5 Å². The lowest BCUT2D eigenvalue weighted by molar-refractivity contribution is -0.143. The predicted molar refractivity (Wildman–Crippen MR) is 194 cm³/mol. The minimum absolute atomic E-state index is 0.0609. The Balaban J connectivity index is 1.24. The van der Waals surface area contributed by atoms with Crippen molar-refractivity contribution >= 4 is 37.6 Å². The number of aromatic nitrogens is 1. The Kier molecular flexibility index (Phi) is 14.0. The fourth-order valence-electron chi connectivity index (χ4n) is 5.86. The van der Waals surface area contributed by atoms with Gasteiger partial charge in [0, 0.05) is 18.8 Å². The molecular formula is C32H48N11O11P. The lowest BCUT2D eigenvalue weighted by atomic mass is 10.0. The van der Waals surface area contributed by atoms with Crippen molar-refractivity contribution in [1.82, 2.24) is 20.5 Å². The zero-order valence-electron chi connectivity index (χ0n) is 30.1. The van der Waals surface area contributed by atoms with Crippen LogP contribution in [0.15, 0.2) is 36.5 Å². The molecule has 4 heterocycles. The molecule has 2 aromatic rings. The minimum Gasteiger partial charge on any atom is -0.489 e. The number of carbonyl (C=O) groups excluding carboxylic acids is 4. The Morgan fingerprint density at radius 3 is 2.07 bits per heavy atom. The van der Waals surface area contributed by atoms with Crippen molar-refractivity contribution in [3.8, 4) is 16.9 Å². The fraction of sp³-hybridized carbons (Fsp3) is 0.531. The summed E-state index contributed by atoms with van der Waals surface area (Å²) >= 11 is 0. The Labute approximate surface area is 316 Å². The number of benzene rings is 1. The maximum Gasteiger partial charge on any atom is 0.592 e. The van der Waals surface area contributed by atoms with Crippen LogP contribution in [0, 0.1) is 0 Å². The van der Waals surface area contributed by atoms with Gasteiger partial charge >= 0.3 is 31.9 Å². The minimum atomic E-state index is -5.05. The van der Waals surface area contributed by atoms with E-state index < -0.39 is 81.5 Å². The summed E-state index contributed by atoms with van der Waals surface area (Å²) in [6.45, 7) is 0.338. The number of phosphoric acid groups is 1. The van der Waals surface area contributed by atoms with Gasteiger partial charge in [-0.05, 0) is 62.5 Å². The van der Waals surface area contributed by atoms with Gasteiger partial charge in [-0.15, -0.1) is 0 Å². The van der Waals surface area contributed by atoms with Gasteiger partial charge in [-0.1, -0.05) is 12.1 Å². The third kappa shape index (κ3) is 10.9. The van der Waals surface area contributed by atoms with E-state index in [9.17, 15) is 23.7 Å². The molecule has 2 saturated heterocycles. The molecule has 2 fully saturated rings. The van der Waals surface area contributed by atoms with Crippen molar-refractivity contribution in [1.29, 1.82) is 0 Å². The molecule has 0 saturated carbocycles. The van der Waals surface area contributed by atoms with E-state index >= 15 is 0 Å². The zero-order valence-corrected chi connectivity index (χ0v) is 31.0. The average molecular weight is 794 g/mol. The zero-order chi connectivity index (χ0) is 39.9. The van der Waals surface area contributed by atoms with Crippen LogP contribution in [0.1, 0.15) is 37.5 Å². The number of carbonyl (C=O) groups is 4. The van der Waals surface area contributed by atoms with Gasteiger partial charge in [-0.2, -0.15) is 0 Å². The maximum atomic E-state index is 13.9. The first-order chi connectivity index (χ1) is 26.1. The smallest absolute Gasteiger partial charge is 0.489 e. The maximum absolute atomic E-state index is 13.9. The quantitative estimate of drug-likeness (QED) is 0.0478. The van der Waals surface area contributed by atoms with E-state index in [0.29, 0.717) is 49.6 Å². The van der Waals surface area contributed by atoms with E-state index in [1.807, 2.05) is 6.07 Å². The summed E-state index contributed by atoms with van der Waals surface area (Å²) in [6, 6.07) is 5.43. The first-order valence-corrected chi connectivity index (χ1v) is 19.0. The topological polar surface area (TPSA) is 340 Å². The van der Waals surface area contributed by atoms with Gasteiger partial charge in [-0.3, -0.25) is 25.0 Å². The molecule has 5 atom stereocenters. The molecule has 3 aliphatic rings. The second-order valence-corrected chi connectivity index (χ2v) is 14.6. The van der Waals surface area contributed by atoms with Crippen molar-refractivity contribution in [3.63, 3.8) is 0 Å². The van der Waals surface area contributed by atoms with Crippen molar-refractivity contribution in [2.45, 2.75) is 68.6 Å². The average Bonchev–Trinajstić information content (AvgIpc) is 3.67. The summed E-state index contributed by atoms with van der Waals surface area (Å²) in [6.07, 6.45) is -1.83. The van der Waals surface area contributed by atoms with E-state index in [-0.39, 0.29) is 19.4 Å². The molecule has 23 heteroatoms. The summed E-state index contributed by atoms with van der Waals surface area (Å²) < 4.78 is 46.4. The second kappa shape index (κ2) is 18.4. The summed E-state index contributed by atoms with van der Waals surface area (Å²) in [5.74, 6) is -1.98. The summed E-state index contributed by atoms with van der Waals surface area (Å²) in [4.78, 5) is 58.0. The van der Waals surface area contributed by atoms with E-state index in [2.05, 4.69) is 15.6 Å². The van der Waals surface area contributed by atoms with Gasteiger partial charge in [0.05, 0.1) is 17.9 Å². The first-order valence-electron chi connectivity index (χ1n) is 17.5. The highest BCUT2D eigenvalue weighted by Gasteiger charge is 2.49. The summed E-state index contributed by atoms with van der Waals surface area (Å²) in [7, 11) is -3.40. The monoisotopic (exact) mass is 793 g/mol. The number of phosphoric ester groups is 1. The number of hydrogen-bond acceptors (Lipinski definition) is 20. The van der Waals surface area contributed by atoms with Crippen LogP contribution in [-0.2, 0) is 37.2 Å². The molecule has 1 aromatic carbocycles. The molecule has 0 radical (unpaired) electrons. The van der Waals surface area contributed by atoms with Crippen LogP contribution in [0.25, 0.3) is 11.1 Å². The van der Waals surface area contributed by atoms with Crippen LogP contribution in [-0.4, -0.2) is 111 Å². The number of ether oxygens (including phenoxy) is 3. The molecule has 302 valence electrons. The molecule has 55 heavy (non-hydrogen) atoms. The predicted octanol–water partition coefficient (Wildman–Crippen LogP) is -1.03. The molecule has 3 aliphatic heterocycles. The van der Waals surface area contributed by atoms with E-state index in [0.717, 1.165) is 11.1 Å². The van der Waals surface area contributed by atoms with Crippen molar-refractivity contribution in [3.05, 3.63) is 42.2 Å². The Hall–Kier alpha value is -4.48. The molecule has 5 rings (SSSR count). The largest absolute Gasteiger partial charge is 0.592 e. The van der Waals surface area contributed by atoms with Crippen molar-refractivity contribution in [2.75, 3.05) is 44.8 Å². The highest BCUT2D eigenvalue weighted by Crippen LogP contribution is 2.51. The van der Waals surface area contributed by atoms with Crippen molar-refractivity contribution in [2.24, 2.45) is 34.4 Å². The van der Waals surface area contributed by atoms with Crippen LogP contribution >= 0.6 is 7.82 Å². The Morgan fingerprint density at radius 1 is 0.909 bits per heavy atom. The van der Waals surface area contributed by atoms with Gasteiger partial charge < -0.3 is 62.6 Å². The Bertz CT molecular complexity index is 1700.